The number of nitrogens with zero attached hydrogens (tertiary/aromatic N) is 1. The summed E-state index contributed by atoms with van der Waals surface area (Å²) in [5, 5.41) is 3.68. The van der Waals surface area contributed by atoms with Gasteiger partial charge in [-0.05, 0) is 23.6 Å². The van der Waals surface area contributed by atoms with Gasteiger partial charge in [-0.2, -0.15) is 0 Å². The summed E-state index contributed by atoms with van der Waals surface area (Å²) in [7, 11) is 0. The van der Waals surface area contributed by atoms with Crippen molar-refractivity contribution in [2.75, 3.05) is 26.2 Å². The zero-order chi connectivity index (χ0) is 13.0. The van der Waals surface area contributed by atoms with Crippen molar-refractivity contribution >= 4 is 17.5 Å². The molecule has 3 nitrogen and oxygen atoms in total. The Kier molecular flexibility index (Phi) is 4.61. The van der Waals surface area contributed by atoms with Crippen LogP contribution < -0.4 is 5.32 Å². The van der Waals surface area contributed by atoms with E-state index < -0.39 is 0 Å². The number of carbonyl (C=O) groups is 1. The fraction of sp³-hybridized carbons (Fsp3) is 0.500. The van der Waals surface area contributed by atoms with Crippen LogP contribution in [0.2, 0.25) is 5.02 Å². The molecule has 4 heteroatoms. The maximum Gasteiger partial charge on any atom is 0.221 e. The minimum Gasteiger partial charge on any atom is -0.355 e. The third kappa shape index (κ3) is 3.72. The molecule has 1 unspecified atom stereocenters. The lowest BCUT2D eigenvalue weighted by Gasteiger charge is -2.23. The highest BCUT2D eigenvalue weighted by Gasteiger charge is 2.16. The third-order valence-corrected chi connectivity index (χ3v) is 3.59. The second-order valence-corrected chi connectivity index (χ2v) is 5.29. The predicted octanol–water partition coefficient (Wildman–Crippen LogP) is 2.27. The molecule has 1 saturated heterocycles. The molecule has 1 heterocycles. The number of amides is 1. The van der Waals surface area contributed by atoms with Gasteiger partial charge in [0, 0.05) is 37.6 Å². The molecule has 2 rings (SSSR count). The highest BCUT2D eigenvalue weighted by Crippen LogP contribution is 2.20. The van der Waals surface area contributed by atoms with E-state index in [2.05, 4.69) is 23.2 Å². The molecule has 0 spiro atoms. The first-order valence-electron chi connectivity index (χ1n) is 6.39. The van der Waals surface area contributed by atoms with Crippen LogP contribution in [0.25, 0.3) is 0 Å². The Balaban J connectivity index is 1.94. The van der Waals surface area contributed by atoms with Crippen LogP contribution in [0.5, 0.6) is 0 Å². The molecule has 1 aromatic carbocycles. The van der Waals surface area contributed by atoms with E-state index in [1.165, 1.54) is 5.56 Å². The standard InChI is InChI=1S/C14H19ClN2O/c1-11(12-3-2-4-13(15)9-12)10-17-7-5-14(18)16-6-8-17/h2-4,9,11H,5-8,10H2,1H3,(H,16,18). The Morgan fingerprint density at radius 1 is 1.44 bits per heavy atom. The third-order valence-electron chi connectivity index (χ3n) is 3.36. The van der Waals surface area contributed by atoms with Crippen LogP contribution >= 0.6 is 11.6 Å². The molecular formula is C14H19ClN2O. The summed E-state index contributed by atoms with van der Waals surface area (Å²) in [5.74, 6) is 0.588. The first-order chi connectivity index (χ1) is 8.65. The normalized spacial score (nSPS) is 19.1. The summed E-state index contributed by atoms with van der Waals surface area (Å²) in [6.45, 7) is 5.69. The molecule has 1 aromatic rings. The van der Waals surface area contributed by atoms with E-state index in [-0.39, 0.29) is 5.91 Å². The molecule has 1 aliphatic rings. The van der Waals surface area contributed by atoms with Crippen molar-refractivity contribution in [2.45, 2.75) is 19.3 Å². The lowest BCUT2D eigenvalue weighted by Crippen LogP contribution is -2.31. The maximum atomic E-state index is 11.3. The average molecular weight is 267 g/mol. The first-order valence-corrected chi connectivity index (χ1v) is 6.77. The fourth-order valence-electron chi connectivity index (χ4n) is 2.30. The predicted molar refractivity (Wildman–Crippen MR) is 73.9 cm³/mol. The van der Waals surface area contributed by atoms with Crippen LogP contribution in [0.15, 0.2) is 24.3 Å². The van der Waals surface area contributed by atoms with E-state index in [1.807, 2.05) is 18.2 Å². The number of halogens is 1. The highest BCUT2D eigenvalue weighted by atomic mass is 35.5. The Hall–Kier alpha value is -1.06. The Bertz CT molecular complexity index is 422. The summed E-state index contributed by atoms with van der Waals surface area (Å²) < 4.78 is 0. The number of rotatable bonds is 3. The number of carbonyl (C=O) groups excluding carboxylic acids is 1. The van der Waals surface area contributed by atoms with Gasteiger partial charge >= 0.3 is 0 Å². The van der Waals surface area contributed by atoms with E-state index in [0.717, 1.165) is 31.2 Å². The van der Waals surface area contributed by atoms with Crippen molar-refractivity contribution in [1.29, 1.82) is 0 Å². The number of benzene rings is 1. The zero-order valence-electron chi connectivity index (χ0n) is 10.7. The van der Waals surface area contributed by atoms with Crippen LogP contribution in [0.4, 0.5) is 0 Å². The molecule has 98 valence electrons. The molecule has 1 atom stereocenters. The highest BCUT2D eigenvalue weighted by molar-refractivity contribution is 6.30. The Morgan fingerprint density at radius 2 is 2.28 bits per heavy atom. The van der Waals surface area contributed by atoms with Crippen LogP contribution in [0.1, 0.15) is 24.8 Å². The van der Waals surface area contributed by atoms with Crippen molar-refractivity contribution in [1.82, 2.24) is 10.2 Å². The van der Waals surface area contributed by atoms with Crippen LogP contribution in [0.3, 0.4) is 0 Å². The molecule has 1 amide bonds. The van der Waals surface area contributed by atoms with Crippen molar-refractivity contribution in [3.05, 3.63) is 34.9 Å². The summed E-state index contributed by atoms with van der Waals surface area (Å²) in [6.07, 6.45) is 0.599. The summed E-state index contributed by atoms with van der Waals surface area (Å²) >= 11 is 6.01. The first kappa shape index (κ1) is 13.4. The average Bonchev–Trinajstić information content (AvgIpc) is 2.54. The molecular weight excluding hydrogens is 248 g/mol. The molecule has 1 aliphatic heterocycles. The second kappa shape index (κ2) is 6.21. The van der Waals surface area contributed by atoms with Gasteiger partial charge in [-0.25, -0.2) is 0 Å². The van der Waals surface area contributed by atoms with Gasteiger partial charge in [-0.1, -0.05) is 30.7 Å². The van der Waals surface area contributed by atoms with Crippen LogP contribution in [-0.2, 0) is 4.79 Å². The quantitative estimate of drug-likeness (QED) is 0.910. The lowest BCUT2D eigenvalue weighted by atomic mass is 10.0. The van der Waals surface area contributed by atoms with Crippen LogP contribution in [0, 0.1) is 0 Å². The van der Waals surface area contributed by atoms with Crippen molar-refractivity contribution < 1.29 is 4.79 Å². The summed E-state index contributed by atoms with van der Waals surface area (Å²) in [5.41, 5.74) is 1.26. The van der Waals surface area contributed by atoms with Gasteiger partial charge in [0.2, 0.25) is 5.91 Å². The fourth-order valence-corrected chi connectivity index (χ4v) is 2.50. The zero-order valence-corrected chi connectivity index (χ0v) is 11.4. The molecule has 0 radical (unpaired) electrons. The SMILES string of the molecule is CC(CN1CCNC(=O)CC1)c1cccc(Cl)c1. The number of hydrogen-bond donors (Lipinski definition) is 1. The van der Waals surface area contributed by atoms with Gasteiger partial charge in [0.05, 0.1) is 0 Å². The van der Waals surface area contributed by atoms with E-state index in [4.69, 9.17) is 11.6 Å². The minimum absolute atomic E-state index is 0.160. The minimum atomic E-state index is 0.160. The molecule has 0 saturated carbocycles. The number of hydrogen-bond acceptors (Lipinski definition) is 2. The van der Waals surface area contributed by atoms with Gasteiger partial charge in [-0.15, -0.1) is 0 Å². The van der Waals surface area contributed by atoms with E-state index in [0.29, 0.717) is 12.3 Å². The van der Waals surface area contributed by atoms with Crippen molar-refractivity contribution in [3.63, 3.8) is 0 Å². The molecule has 0 aliphatic carbocycles. The van der Waals surface area contributed by atoms with E-state index in [1.54, 1.807) is 0 Å². The Labute approximate surface area is 113 Å². The molecule has 0 aromatic heterocycles. The molecule has 1 N–H and O–H groups in total. The van der Waals surface area contributed by atoms with E-state index >= 15 is 0 Å². The molecule has 18 heavy (non-hydrogen) atoms. The molecule has 0 bridgehead atoms. The number of nitrogens with one attached hydrogen (secondary N) is 1. The van der Waals surface area contributed by atoms with Crippen LogP contribution in [-0.4, -0.2) is 37.0 Å². The largest absolute Gasteiger partial charge is 0.355 e. The van der Waals surface area contributed by atoms with Crippen molar-refractivity contribution in [3.8, 4) is 0 Å². The topological polar surface area (TPSA) is 32.3 Å². The summed E-state index contributed by atoms with van der Waals surface area (Å²) in [4.78, 5) is 13.6. The second-order valence-electron chi connectivity index (χ2n) is 4.86. The van der Waals surface area contributed by atoms with Gasteiger partial charge in [0.25, 0.3) is 0 Å². The maximum absolute atomic E-state index is 11.3. The van der Waals surface area contributed by atoms with Gasteiger partial charge in [-0.3, -0.25) is 4.79 Å². The van der Waals surface area contributed by atoms with Gasteiger partial charge in [0.15, 0.2) is 0 Å². The summed E-state index contributed by atoms with van der Waals surface area (Å²) in [6, 6.07) is 8.01. The van der Waals surface area contributed by atoms with Gasteiger partial charge in [0.1, 0.15) is 0 Å². The smallest absolute Gasteiger partial charge is 0.221 e. The van der Waals surface area contributed by atoms with Gasteiger partial charge < -0.3 is 10.2 Å². The monoisotopic (exact) mass is 266 g/mol. The Morgan fingerprint density at radius 3 is 3.06 bits per heavy atom. The van der Waals surface area contributed by atoms with Crippen molar-refractivity contribution in [2.24, 2.45) is 0 Å². The molecule has 1 fully saturated rings. The van der Waals surface area contributed by atoms with E-state index in [9.17, 15) is 4.79 Å². The lowest BCUT2D eigenvalue weighted by molar-refractivity contribution is -0.120.